The minimum atomic E-state index is 0.114. The maximum atomic E-state index is 11.8. The van der Waals surface area contributed by atoms with Gasteiger partial charge < -0.3 is 10.6 Å². The molecule has 0 aliphatic heterocycles. The maximum absolute atomic E-state index is 11.8. The Morgan fingerprint density at radius 2 is 1.90 bits per heavy atom. The minimum absolute atomic E-state index is 0.114. The molecule has 0 heterocycles. The minimum Gasteiger partial charge on any atom is -0.354 e. The fraction of sp³-hybridized carbons (Fsp3) is 0.588. The number of halogens is 1. The summed E-state index contributed by atoms with van der Waals surface area (Å²) in [6.45, 7) is 6.95. The van der Waals surface area contributed by atoms with Crippen LogP contribution in [0.1, 0.15) is 58.1 Å². The Morgan fingerprint density at radius 1 is 1.24 bits per heavy atom. The molecule has 1 aromatic rings. The Bertz CT molecular complexity index is 419. The highest BCUT2D eigenvalue weighted by molar-refractivity contribution is 6.30. The van der Waals surface area contributed by atoms with Crippen molar-refractivity contribution >= 4 is 17.5 Å². The molecule has 2 N–H and O–H groups in total. The van der Waals surface area contributed by atoms with Crippen LogP contribution in [0.5, 0.6) is 0 Å². The van der Waals surface area contributed by atoms with Gasteiger partial charge in [0.2, 0.25) is 5.91 Å². The third kappa shape index (κ3) is 6.96. The van der Waals surface area contributed by atoms with E-state index in [0.29, 0.717) is 13.0 Å². The molecule has 0 saturated heterocycles. The first-order valence-corrected chi connectivity index (χ1v) is 8.22. The molecule has 21 heavy (non-hydrogen) atoms. The third-order valence-corrected chi connectivity index (χ3v) is 3.86. The summed E-state index contributed by atoms with van der Waals surface area (Å²) in [5.74, 6) is 0.114. The van der Waals surface area contributed by atoms with Gasteiger partial charge in [-0.1, -0.05) is 44.0 Å². The van der Waals surface area contributed by atoms with Crippen molar-refractivity contribution in [2.45, 2.75) is 58.5 Å². The van der Waals surface area contributed by atoms with Crippen molar-refractivity contribution in [3.8, 4) is 0 Å². The van der Waals surface area contributed by atoms with E-state index in [1.165, 1.54) is 5.56 Å². The molecule has 2 atom stereocenters. The van der Waals surface area contributed by atoms with Gasteiger partial charge in [0.25, 0.3) is 0 Å². The van der Waals surface area contributed by atoms with Crippen LogP contribution < -0.4 is 10.6 Å². The lowest BCUT2D eigenvalue weighted by molar-refractivity contribution is -0.121. The monoisotopic (exact) mass is 310 g/mol. The zero-order valence-electron chi connectivity index (χ0n) is 13.3. The van der Waals surface area contributed by atoms with Crippen molar-refractivity contribution in [3.05, 3.63) is 34.9 Å². The number of amides is 1. The van der Waals surface area contributed by atoms with E-state index in [0.717, 1.165) is 24.3 Å². The number of nitrogens with one attached hydrogen (secondary N) is 2. The van der Waals surface area contributed by atoms with Gasteiger partial charge >= 0.3 is 0 Å². The van der Waals surface area contributed by atoms with Gasteiger partial charge in [-0.15, -0.1) is 0 Å². The second kappa shape index (κ2) is 9.80. The SMILES string of the molecule is CCCC(NCCC(=O)NC(C)CC)c1ccc(Cl)cc1. The molecular formula is C17H27ClN2O. The van der Waals surface area contributed by atoms with Crippen LogP contribution in [0.2, 0.25) is 5.02 Å². The van der Waals surface area contributed by atoms with Crippen LogP contribution in [0.3, 0.4) is 0 Å². The van der Waals surface area contributed by atoms with E-state index in [4.69, 9.17) is 11.6 Å². The standard InChI is InChI=1S/C17H27ClN2O/c1-4-6-16(14-7-9-15(18)10-8-14)19-12-11-17(21)20-13(3)5-2/h7-10,13,16,19H,4-6,11-12H2,1-3H3,(H,20,21). The van der Waals surface area contributed by atoms with E-state index in [1.54, 1.807) is 0 Å². The molecule has 2 unspecified atom stereocenters. The van der Waals surface area contributed by atoms with Crippen molar-refractivity contribution in [3.63, 3.8) is 0 Å². The molecule has 118 valence electrons. The Balaban J connectivity index is 2.44. The van der Waals surface area contributed by atoms with Gasteiger partial charge in [0.15, 0.2) is 0 Å². The molecule has 1 aromatic carbocycles. The summed E-state index contributed by atoms with van der Waals surface area (Å²) >= 11 is 5.93. The van der Waals surface area contributed by atoms with Gasteiger partial charge in [-0.05, 0) is 37.5 Å². The van der Waals surface area contributed by atoms with Crippen LogP contribution in [0.4, 0.5) is 0 Å². The Morgan fingerprint density at radius 3 is 2.48 bits per heavy atom. The first-order valence-electron chi connectivity index (χ1n) is 7.85. The highest BCUT2D eigenvalue weighted by Crippen LogP contribution is 2.20. The lowest BCUT2D eigenvalue weighted by Crippen LogP contribution is -2.34. The van der Waals surface area contributed by atoms with E-state index in [2.05, 4.69) is 36.6 Å². The quantitative estimate of drug-likeness (QED) is 0.721. The fourth-order valence-electron chi connectivity index (χ4n) is 2.18. The van der Waals surface area contributed by atoms with Crippen molar-refractivity contribution in [2.75, 3.05) is 6.54 Å². The number of hydrogen-bond donors (Lipinski definition) is 2. The molecule has 0 spiro atoms. The van der Waals surface area contributed by atoms with Gasteiger partial charge in [0.1, 0.15) is 0 Å². The molecule has 0 bridgehead atoms. The topological polar surface area (TPSA) is 41.1 Å². The molecule has 0 fully saturated rings. The smallest absolute Gasteiger partial charge is 0.221 e. The van der Waals surface area contributed by atoms with Crippen LogP contribution in [-0.2, 0) is 4.79 Å². The molecule has 3 nitrogen and oxygen atoms in total. The van der Waals surface area contributed by atoms with Crippen LogP contribution in [-0.4, -0.2) is 18.5 Å². The number of benzene rings is 1. The summed E-state index contributed by atoms with van der Waals surface area (Å²) < 4.78 is 0. The normalized spacial score (nSPS) is 13.7. The number of rotatable bonds is 9. The van der Waals surface area contributed by atoms with Crippen LogP contribution in [0.25, 0.3) is 0 Å². The first kappa shape index (κ1) is 18.0. The van der Waals surface area contributed by atoms with Gasteiger partial charge in [-0.25, -0.2) is 0 Å². The van der Waals surface area contributed by atoms with Gasteiger partial charge in [0, 0.05) is 30.1 Å². The molecule has 1 rings (SSSR count). The molecule has 0 radical (unpaired) electrons. The summed E-state index contributed by atoms with van der Waals surface area (Å²) in [5.41, 5.74) is 1.23. The van der Waals surface area contributed by atoms with Gasteiger partial charge in [0.05, 0.1) is 0 Å². The Kier molecular flexibility index (Phi) is 8.40. The molecule has 4 heteroatoms. The van der Waals surface area contributed by atoms with E-state index >= 15 is 0 Å². The Hall–Kier alpha value is -1.06. The highest BCUT2D eigenvalue weighted by atomic mass is 35.5. The van der Waals surface area contributed by atoms with Crippen molar-refractivity contribution in [2.24, 2.45) is 0 Å². The molecule has 0 saturated carbocycles. The number of hydrogen-bond acceptors (Lipinski definition) is 2. The van der Waals surface area contributed by atoms with Gasteiger partial charge in [-0.2, -0.15) is 0 Å². The predicted octanol–water partition coefficient (Wildman–Crippen LogP) is 4.08. The van der Waals surface area contributed by atoms with E-state index in [9.17, 15) is 4.79 Å². The van der Waals surface area contributed by atoms with E-state index < -0.39 is 0 Å². The van der Waals surface area contributed by atoms with Crippen molar-refractivity contribution < 1.29 is 4.79 Å². The molecule has 0 aliphatic carbocycles. The average Bonchev–Trinajstić information content (AvgIpc) is 2.47. The largest absolute Gasteiger partial charge is 0.354 e. The van der Waals surface area contributed by atoms with E-state index in [-0.39, 0.29) is 18.0 Å². The molecule has 0 aliphatic rings. The molecule has 0 aromatic heterocycles. The number of carbonyl (C=O) groups is 1. The third-order valence-electron chi connectivity index (χ3n) is 3.61. The van der Waals surface area contributed by atoms with E-state index in [1.807, 2.05) is 19.1 Å². The second-order valence-corrected chi connectivity index (χ2v) is 5.91. The van der Waals surface area contributed by atoms with Crippen LogP contribution in [0, 0.1) is 0 Å². The van der Waals surface area contributed by atoms with Crippen molar-refractivity contribution in [1.82, 2.24) is 10.6 Å². The average molecular weight is 311 g/mol. The summed E-state index contributed by atoms with van der Waals surface area (Å²) in [4.78, 5) is 11.8. The lowest BCUT2D eigenvalue weighted by Gasteiger charge is -2.19. The number of carbonyl (C=O) groups excluding carboxylic acids is 1. The summed E-state index contributed by atoms with van der Waals surface area (Å²) in [5, 5.41) is 7.21. The zero-order chi connectivity index (χ0) is 15.7. The first-order chi connectivity index (χ1) is 10.1. The predicted molar refractivity (Wildman–Crippen MR) is 89.6 cm³/mol. The van der Waals surface area contributed by atoms with Crippen LogP contribution in [0.15, 0.2) is 24.3 Å². The van der Waals surface area contributed by atoms with Gasteiger partial charge in [-0.3, -0.25) is 4.79 Å². The van der Waals surface area contributed by atoms with Crippen molar-refractivity contribution in [1.29, 1.82) is 0 Å². The maximum Gasteiger partial charge on any atom is 0.221 e. The lowest BCUT2D eigenvalue weighted by atomic mass is 10.0. The summed E-state index contributed by atoms with van der Waals surface area (Å²) in [6, 6.07) is 8.46. The Labute approximate surface area is 133 Å². The second-order valence-electron chi connectivity index (χ2n) is 5.47. The zero-order valence-corrected chi connectivity index (χ0v) is 14.0. The summed E-state index contributed by atoms with van der Waals surface area (Å²) in [7, 11) is 0. The fourth-order valence-corrected chi connectivity index (χ4v) is 2.31. The molecule has 1 amide bonds. The van der Waals surface area contributed by atoms with Crippen LogP contribution >= 0.6 is 11.6 Å². The molecular weight excluding hydrogens is 284 g/mol. The highest BCUT2D eigenvalue weighted by Gasteiger charge is 2.11. The summed E-state index contributed by atoms with van der Waals surface area (Å²) in [6.07, 6.45) is 3.62.